The second-order valence-corrected chi connectivity index (χ2v) is 5.29. The van der Waals surface area contributed by atoms with Crippen LogP contribution in [0.2, 0.25) is 0 Å². The molecule has 3 nitrogen and oxygen atoms in total. The lowest BCUT2D eigenvalue weighted by molar-refractivity contribution is 0.205. The van der Waals surface area contributed by atoms with Crippen molar-refractivity contribution in [1.82, 2.24) is 4.90 Å². The predicted molar refractivity (Wildman–Crippen MR) is 79.6 cm³/mol. The van der Waals surface area contributed by atoms with E-state index in [2.05, 4.69) is 17.0 Å². The van der Waals surface area contributed by atoms with Gasteiger partial charge in [-0.05, 0) is 63.0 Å². The molecule has 0 spiro atoms. The van der Waals surface area contributed by atoms with Crippen molar-refractivity contribution in [3.63, 3.8) is 0 Å². The number of ether oxygens (including phenoxy) is 1. The lowest BCUT2D eigenvalue weighted by Gasteiger charge is -2.26. The Labute approximate surface area is 116 Å². The third-order valence-electron chi connectivity index (χ3n) is 3.69. The molecule has 0 radical (unpaired) electrons. The van der Waals surface area contributed by atoms with Gasteiger partial charge in [0.05, 0.1) is 6.61 Å². The van der Waals surface area contributed by atoms with E-state index in [4.69, 9.17) is 10.5 Å². The average Bonchev–Trinajstić information content (AvgIpc) is 2.47. The molecule has 1 aromatic carbocycles. The molecule has 19 heavy (non-hydrogen) atoms. The molecule has 0 aromatic heterocycles. The van der Waals surface area contributed by atoms with Crippen LogP contribution in [0.3, 0.4) is 0 Å². The van der Waals surface area contributed by atoms with Gasteiger partial charge in [0.2, 0.25) is 0 Å². The Morgan fingerprint density at radius 1 is 1.05 bits per heavy atom. The molecule has 2 N–H and O–H groups in total. The maximum atomic E-state index is 5.77. The van der Waals surface area contributed by atoms with Gasteiger partial charge in [0.1, 0.15) is 5.75 Å². The van der Waals surface area contributed by atoms with Crippen molar-refractivity contribution in [1.29, 1.82) is 0 Å². The van der Waals surface area contributed by atoms with Crippen LogP contribution in [0.15, 0.2) is 24.3 Å². The molecule has 0 saturated carbocycles. The SMILES string of the molecule is NCCc1ccc(OCCCN2CCCCC2)cc1. The van der Waals surface area contributed by atoms with Gasteiger partial charge in [-0.3, -0.25) is 0 Å². The van der Waals surface area contributed by atoms with E-state index in [1.54, 1.807) is 0 Å². The first kappa shape index (κ1) is 14.4. The van der Waals surface area contributed by atoms with Crippen molar-refractivity contribution in [2.24, 2.45) is 5.73 Å². The molecule has 1 aliphatic heterocycles. The van der Waals surface area contributed by atoms with E-state index < -0.39 is 0 Å². The Kier molecular flexibility index (Phi) is 6.18. The summed E-state index contributed by atoms with van der Waals surface area (Å²) < 4.78 is 5.77. The van der Waals surface area contributed by atoms with Gasteiger partial charge in [-0.25, -0.2) is 0 Å². The van der Waals surface area contributed by atoms with Crippen LogP contribution in [0.1, 0.15) is 31.2 Å². The minimum atomic E-state index is 0.704. The van der Waals surface area contributed by atoms with Crippen LogP contribution >= 0.6 is 0 Å². The van der Waals surface area contributed by atoms with Gasteiger partial charge in [-0.15, -0.1) is 0 Å². The van der Waals surface area contributed by atoms with Crippen molar-refractivity contribution in [3.8, 4) is 5.75 Å². The number of nitrogens with zero attached hydrogens (tertiary/aromatic N) is 1. The smallest absolute Gasteiger partial charge is 0.119 e. The van der Waals surface area contributed by atoms with Crippen LogP contribution in [0.4, 0.5) is 0 Å². The van der Waals surface area contributed by atoms with Crippen molar-refractivity contribution in [2.45, 2.75) is 32.1 Å². The number of hydrogen-bond donors (Lipinski definition) is 1. The van der Waals surface area contributed by atoms with Gasteiger partial charge < -0.3 is 15.4 Å². The highest BCUT2D eigenvalue weighted by atomic mass is 16.5. The molecule has 1 heterocycles. The zero-order chi connectivity index (χ0) is 13.3. The summed E-state index contributed by atoms with van der Waals surface area (Å²) in [7, 11) is 0. The van der Waals surface area contributed by atoms with Crippen LogP contribution < -0.4 is 10.5 Å². The second kappa shape index (κ2) is 8.18. The quantitative estimate of drug-likeness (QED) is 0.767. The van der Waals surface area contributed by atoms with Crippen LogP contribution in [0, 0.1) is 0 Å². The number of benzene rings is 1. The van der Waals surface area contributed by atoms with Crippen molar-refractivity contribution < 1.29 is 4.74 Å². The highest BCUT2D eigenvalue weighted by molar-refractivity contribution is 5.27. The van der Waals surface area contributed by atoms with Gasteiger partial charge in [-0.2, -0.15) is 0 Å². The van der Waals surface area contributed by atoms with E-state index >= 15 is 0 Å². The summed E-state index contributed by atoms with van der Waals surface area (Å²) >= 11 is 0. The van der Waals surface area contributed by atoms with Crippen molar-refractivity contribution >= 4 is 0 Å². The molecule has 0 unspecified atom stereocenters. The molecule has 0 bridgehead atoms. The summed E-state index contributed by atoms with van der Waals surface area (Å²) in [5, 5.41) is 0. The first-order chi connectivity index (χ1) is 9.38. The van der Waals surface area contributed by atoms with Crippen molar-refractivity contribution in [2.75, 3.05) is 32.8 Å². The summed E-state index contributed by atoms with van der Waals surface area (Å²) in [6.07, 6.45) is 6.19. The van der Waals surface area contributed by atoms with Gasteiger partial charge in [-0.1, -0.05) is 18.6 Å². The molecule has 106 valence electrons. The molecular formula is C16H26N2O. The summed E-state index contributed by atoms with van der Waals surface area (Å²) in [6.45, 7) is 5.23. The Balaban J connectivity index is 1.62. The number of piperidine rings is 1. The summed E-state index contributed by atoms with van der Waals surface area (Å²) in [5.41, 5.74) is 6.81. The highest BCUT2D eigenvalue weighted by Gasteiger charge is 2.08. The topological polar surface area (TPSA) is 38.5 Å². The van der Waals surface area contributed by atoms with Crippen molar-refractivity contribution in [3.05, 3.63) is 29.8 Å². The van der Waals surface area contributed by atoms with E-state index in [1.807, 2.05) is 12.1 Å². The van der Waals surface area contributed by atoms with Crippen LogP contribution in [-0.2, 0) is 6.42 Å². The van der Waals surface area contributed by atoms with Gasteiger partial charge in [0.15, 0.2) is 0 Å². The van der Waals surface area contributed by atoms with Crippen LogP contribution in [0.5, 0.6) is 5.75 Å². The standard InChI is InChI=1S/C16H26N2O/c17-10-9-15-5-7-16(8-6-15)19-14-4-13-18-11-2-1-3-12-18/h5-8H,1-4,9-14,17H2. The molecule has 1 aliphatic rings. The summed E-state index contributed by atoms with van der Waals surface area (Å²) in [4.78, 5) is 2.55. The maximum Gasteiger partial charge on any atom is 0.119 e. The number of rotatable bonds is 7. The van der Waals surface area contributed by atoms with Gasteiger partial charge >= 0.3 is 0 Å². The first-order valence-electron chi connectivity index (χ1n) is 7.52. The normalized spacial score (nSPS) is 16.5. The molecule has 3 heteroatoms. The van der Waals surface area contributed by atoms with Gasteiger partial charge in [0, 0.05) is 6.54 Å². The number of likely N-dealkylation sites (tertiary alicyclic amines) is 1. The minimum Gasteiger partial charge on any atom is -0.494 e. The Morgan fingerprint density at radius 3 is 2.47 bits per heavy atom. The first-order valence-corrected chi connectivity index (χ1v) is 7.52. The minimum absolute atomic E-state index is 0.704. The molecule has 1 saturated heterocycles. The van der Waals surface area contributed by atoms with Gasteiger partial charge in [0.25, 0.3) is 0 Å². The second-order valence-electron chi connectivity index (χ2n) is 5.29. The van der Waals surface area contributed by atoms with E-state index in [0.717, 1.165) is 25.2 Å². The molecule has 1 fully saturated rings. The Hall–Kier alpha value is -1.06. The van der Waals surface area contributed by atoms with E-state index in [-0.39, 0.29) is 0 Å². The zero-order valence-corrected chi connectivity index (χ0v) is 11.8. The monoisotopic (exact) mass is 262 g/mol. The van der Waals surface area contributed by atoms with Crippen LogP contribution in [0.25, 0.3) is 0 Å². The summed E-state index contributed by atoms with van der Waals surface area (Å²) in [5.74, 6) is 0.972. The lowest BCUT2D eigenvalue weighted by Crippen LogP contribution is -2.31. The number of hydrogen-bond acceptors (Lipinski definition) is 3. The summed E-state index contributed by atoms with van der Waals surface area (Å²) in [6, 6.07) is 8.30. The van der Waals surface area contributed by atoms with Crippen LogP contribution in [-0.4, -0.2) is 37.7 Å². The fourth-order valence-electron chi connectivity index (χ4n) is 2.58. The third kappa shape index (κ3) is 5.21. The maximum absolute atomic E-state index is 5.77. The van der Waals surface area contributed by atoms with E-state index in [1.165, 1.54) is 44.5 Å². The molecular weight excluding hydrogens is 236 g/mol. The lowest BCUT2D eigenvalue weighted by atomic mass is 10.1. The molecule has 0 atom stereocenters. The molecule has 2 rings (SSSR count). The van der Waals surface area contributed by atoms with E-state index in [0.29, 0.717) is 6.54 Å². The highest BCUT2D eigenvalue weighted by Crippen LogP contribution is 2.13. The fraction of sp³-hybridized carbons (Fsp3) is 0.625. The largest absolute Gasteiger partial charge is 0.494 e. The predicted octanol–water partition coefficient (Wildman–Crippen LogP) is 2.44. The molecule has 0 amide bonds. The zero-order valence-electron chi connectivity index (χ0n) is 11.8. The van der Waals surface area contributed by atoms with E-state index in [9.17, 15) is 0 Å². The Bertz CT molecular complexity index is 344. The third-order valence-corrected chi connectivity index (χ3v) is 3.69. The molecule has 0 aliphatic carbocycles. The fourth-order valence-corrected chi connectivity index (χ4v) is 2.58. The number of nitrogens with two attached hydrogens (primary N) is 1. The molecule has 1 aromatic rings. The average molecular weight is 262 g/mol. The Morgan fingerprint density at radius 2 is 1.79 bits per heavy atom.